The summed E-state index contributed by atoms with van der Waals surface area (Å²) in [6.45, 7) is 8.61. The first kappa shape index (κ1) is 19.9. The van der Waals surface area contributed by atoms with Crippen LogP contribution in [0.3, 0.4) is 0 Å². The number of guanidine groups is 1. The van der Waals surface area contributed by atoms with Crippen LogP contribution in [0.1, 0.15) is 29.5 Å². The van der Waals surface area contributed by atoms with E-state index in [1.54, 1.807) is 11.3 Å². The maximum absolute atomic E-state index is 5.41. The topological polar surface area (TPSA) is 48.9 Å². The van der Waals surface area contributed by atoms with Crippen molar-refractivity contribution in [3.8, 4) is 0 Å². The number of nitrogens with zero attached hydrogens (tertiary/aromatic N) is 2. The van der Waals surface area contributed by atoms with Gasteiger partial charge >= 0.3 is 0 Å². The van der Waals surface area contributed by atoms with Gasteiger partial charge in [0.05, 0.1) is 13.2 Å². The number of hydrogen-bond donors (Lipinski definition) is 2. The van der Waals surface area contributed by atoms with Crippen LogP contribution < -0.4 is 10.6 Å². The van der Waals surface area contributed by atoms with Gasteiger partial charge in [0.15, 0.2) is 5.96 Å². The van der Waals surface area contributed by atoms with Crippen LogP contribution in [-0.4, -0.2) is 50.8 Å². The monoisotopic (exact) mass is 386 g/mol. The molecule has 1 aromatic heterocycles. The Bertz CT molecular complexity index is 693. The maximum Gasteiger partial charge on any atom is 0.191 e. The lowest BCUT2D eigenvalue weighted by Gasteiger charge is -2.26. The van der Waals surface area contributed by atoms with Crippen LogP contribution in [0.5, 0.6) is 0 Å². The molecule has 1 aliphatic rings. The van der Waals surface area contributed by atoms with Crippen molar-refractivity contribution in [2.45, 2.75) is 25.9 Å². The van der Waals surface area contributed by atoms with Gasteiger partial charge in [-0.3, -0.25) is 9.89 Å². The number of rotatable bonds is 7. The minimum atomic E-state index is 0.467. The molecular formula is C21H30N4OS. The summed E-state index contributed by atoms with van der Waals surface area (Å²) >= 11 is 1.74. The van der Waals surface area contributed by atoms with E-state index < -0.39 is 0 Å². The van der Waals surface area contributed by atoms with Crippen LogP contribution in [0.4, 0.5) is 0 Å². The lowest BCUT2D eigenvalue weighted by Crippen LogP contribution is -2.38. The van der Waals surface area contributed by atoms with Crippen LogP contribution in [0.15, 0.2) is 46.1 Å². The van der Waals surface area contributed by atoms with E-state index in [1.807, 2.05) is 7.05 Å². The Morgan fingerprint density at radius 1 is 1.15 bits per heavy atom. The molecule has 1 aromatic carbocycles. The van der Waals surface area contributed by atoms with Gasteiger partial charge in [0.2, 0.25) is 0 Å². The average Bonchev–Trinajstić information content (AvgIpc) is 3.25. The van der Waals surface area contributed by atoms with E-state index in [4.69, 9.17) is 4.74 Å². The Balaban J connectivity index is 1.42. The smallest absolute Gasteiger partial charge is 0.191 e. The molecule has 2 N–H and O–H groups in total. The third-order valence-corrected chi connectivity index (χ3v) is 5.61. The number of thiophene rings is 1. The van der Waals surface area contributed by atoms with E-state index in [-0.39, 0.29) is 0 Å². The van der Waals surface area contributed by atoms with Crippen molar-refractivity contribution < 1.29 is 4.74 Å². The molecule has 0 radical (unpaired) electrons. The molecule has 0 amide bonds. The molecule has 0 spiro atoms. The zero-order valence-corrected chi connectivity index (χ0v) is 17.1. The zero-order valence-electron chi connectivity index (χ0n) is 16.3. The molecule has 1 saturated heterocycles. The first-order valence-corrected chi connectivity index (χ1v) is 10.5. The minimum Gasteiger partial charge on any atom is -0.379 e. The Morgan fingerprint density at radius 3 is 2.56 bits per heavy atom. The van der Waals surface area contributed by atoms with Crippen LogP contribution >= 0.6 is 11.3 Å². The second-order valence-corrected chi connectivity index (χ2v) is 7.75. The zero-order chi connectivity index (χ0) is 18.9. The number of morpholine rings is 1. The van der Waals surface area contributed by atoms with Gasteiger partial charge < -0.3 is 15.4 Å². The molecule has 1 aliphatic heterocycles. The third-order valence-electron chi connectivity index (χ3n) is 4.90. The largest absolute Gasteiger partial charge is 0.379 e. The lowest BCUT2D eigenvalue weighted by atomic mass is 10.1. The molecule has 5 nitrogen and oxygen atoms in total. The Labute approximate surface area is 166 Å². The van der Waals surface area contributed by atoms with E-state index in [0.29, 0.717) is 5.92 Å². The van der Waals surface area contributed by atoms with Gasteiger partial charge in [-0.15, -0.1) is 0 Å². The van der Waals surface area contributed by atoms with E-state index in [1.165, 1.54) is 16.7 Å². The summed E-state index contributed by atoms with van der Waals surface area (Å²) in [5, 5.41) is 11.2. The highest BCUT2D eigenvalue weighted by Gasteiger charge is 2.10. The summed E-state index contributed by atoms with van der Waals surface area (Å²) in [5.41, 5.74) is 3.99. The van der Waals surface area contributed by atoms with Crippen molar-refractivity contribution in [2.75, 3.05) is 39.9 Å². The third kappa shape index (κ3) is 6.34. The van der Waals surface area contributed by atoms with Gasteiger partial charge in [0.25, 0.3) is 0 Å². The van der Waals surface area contributed by atoms with Gasteiger partial charge in [0, 0.05) is 39.8 Å². The summed E-state index contributed by atoms with van der Waals surface area (Å²) in [7, 11) is 1.82. The molecule has 2 aromatic rings. The Hall–Kier alpha value is -1.89. The SMILES string of the molecule is CN=C(NCc1ccc(CN2CCOCC2)cc1)NCC(C)c1ccsc1. The molecule has 0 aliphatic carbocycles. The standard InChI is InChI=1S/C21H30N4OS/c1-17(20-7-12-27-16-20)13-23-21(22-2)24-14-18-3-5-19(6-4-18)15-25-8-10-26-11-9-25/h3-7,12,16-17H,8-11,13-15H2,1-2H3,(H2,22,23,24). The van der Waals surface area contributed by atoms with E-state index in [2.05, 4.69) is 68.5 Å². The quantitative estimate of drug-likeness (QED) is 0.567. The van der Waals surface area contributed by atoms with Crippen LogP contribution in [0.2, 0.25) is 0 Å². The van der Waals surface area contributed by atoms with E-state index in [9.17, 15) is 0 Å². The molecule has 1 fully saturated rings. The van der Waals surface area contributed by atoms with Gasteiger partial charge in [0.1, 0.15) is 0 Å². The first-order valence-electron chi connectivity index (χ1n) is 9.59. The summed E-state index contributed by atoms with van der Waals surface area (Å²) in [4.78, 5) is 6.77. The summed E-state index contributed by atoms with van der Waals surface area (Å²) in [6, 6.07) is 11.0. The molecule has 0 saturated carbocycles. The van der Waals surface area contributed by atoms with Crippen molar-refractivity contribution in [1.29, 1.82) is 0 Å². The fraction of sp³-hybridized carbons (Fsp3) is 0.476. The predicted molar refractivity (Wildman–Crippen MR) is 113 cm³/mol. The summed E-state index contributed by atoms with van der Waals surface area (Å²) in [5.74, 6) is 1.31. The second kappa shape index (κ2) is 10.4. The lowest BCUT2D eigenvalue weighted by molar-refractivity contribution is 0.0342. The summed E-state index contributed by atoms with van der Waals surface area (Å²) < 4.78 is 5.41. The number of benzene rings is 1. The molecule has 27 heavy (non-hydrogen) atoms. The van der Waals surface area contributed by atoms with Crippen molar-refractivity contribution >= 4 is 17.3 Å². The van der Waals surface area contributed by atoms with Crippen molar-refractivity contribution in [3.63, 3.8) is 0 Å². The highest BCUT2D eigenvalue weighted by atomic mass is 32.1. The predicted octanol–water partition coefficient (Wildman–Crippen LogP) is 3.05. The fourth-order valence-electron chi connectivity index (χ4n) is 3.11. The summed E-state index contributed by atoms with van der Waals surface area (Å²) in [6.07, 6.45) is 0. The van der Waals surface area contributed by atoms with Crippen LogP contribution in [-0.2, 0) is 17.8 Å². The number of ether oxygens (including phenoxy) is 1. The number of hydrogen-bond acceptors (Lipinski definition) is 4. The molecule has 146 valence electrons. The van der Waals surface area contributed by atoms with Gasteiger partial charge in [-0.25, -0.2) is 0 Å². The highest BCUT2D eigenvalue weighted by molar-refractivity contribution is 7.07. The molecule has 6 heteroatoms. The van der Waals surface area contributed by atoms with E-state index >= 15 is 0 Å². The fourth-order valence-corrected chi connectivity index (χ4v) is 3.89. The molecule has 1 unspecified atom stereocenters. The molecule has 2 heterocycles. The van der Waals surface area contributed by atoms with Gasteiger partial charge in [-0.2, -0.15) is 11.3 Å². The van der Waals surface area contributed by atoms with Crippen molar-refractivity contribution in [1.82, 2.24) is 15.5 Å². The Kier molecular flexibility index (Phi) is 7.68. The van der Waals surface area contributed by atoms with Gasteiger partial charge in [-0.05, 0) is 39.4 Å². The van der Waals surface area contributed by atoms with Crippen LogP contribution in [0, 0.1) is 0 Å². The van der Waals surface area contributed by atoms with Crippen molar-refractivity contribution in [2.24, 2.45) is 4.99 Å². The maximum atomic E-state index is 5.41. The molecule has 0 bridgehead atoms. The van der Waals surface area contributed by atoms with Crippen LogP contribution in [0.25, 0.3) is 0 Å². The molecule has 3 rings (SSSR count). The average molecular weight is 387 g/mol. The van der Waals surface area contributed by atoms with Gasteiger partial charge in [-0.1, -0.05) is 31.2 Å². The number of nitrogens with one attached hydrogen (secondary N) is 2. The van der Waals surface area contributed by atoms with Crippen molar-refractivity contribution in [3.05, 3.63) is 57.8 Å². The Morgan fingerprint density at radius 2 is 1.89 bits per heavy atom. The first-order chi connectivity index (χ1) is 13.2. The normalized spacial score (nSPS) is 16.9. The number of aliphatic imine (C=N–C) groups is 1. The van der Waals surface area contributed by atoms with E-state index in [0.717, 1.165) is 51.9 Å². The molecular weight excluding hydrogens is 356 g/mol. The molecule has 1 atom stereocenters. The second-order valence-electron chi connectivity index (χ2n) is 6.97. The minimum absolute atomic E-state index is 0.467. The highest BCUT2D eigenvalue weighted by Crippen LogP contribution is 2.17.